The number of anilines is 1. The van der Waals surface area contributed by atoms with Crippen LogP contribution in [0.25, 0.3) is 10.9 Å². The number of amides is 1. The minimum absolute atomic E-state index is 0.139. The van der Waals surface area contributed by atoms with Gasteiger partial charge in [-0.2, -0.15) is 0 Å². The van der Waals surface area contributed by atoms with Gasteiger partial charge in [0, 0.05) is 17.3 Å². The number of fused-ring (bicyclic) bond motifs is 1. The van der Waals surface area contributed by atoms with Gasteiger partial charge in [-0.15, -0.1) is 0 Å². The monoisotopic (exact) mass is 429 g/mol. The standard InChI is InChI=1S/C22H24ClN3O2S/c1-13(2)12-26-21(28)18-11-16(23)7-10-19(18)25-22(26)29-15(4)20(27)24-17-8-5-14(3)6-9-17/h5-11,13,15H,12H2,1-4H3,(H,24,27). The van der Waals surface area contributed by atoms with Gasteiger partial charge < -0.3 is 5.32 Å². The molecule has 1 amide bonds. The van der Waals surface area contributed by atoms with Gasteiger partial charge in [0.1, 0.15) is 0 Å². The second kappa shape index (κ2) is 9.01. The molecule has 1 aromatic heterocycles. The van der Waals surface area contributed by atoms with Crippen molar-refractivity contribution in [2.24, 2.45) is 5.92 Å². The molecular weight excluding hydrogens is 406 g/mol. The van der Waals surface area contributed by atoms with E-state index >= 15 is 0 Å². The minimum Gasteiger partial charge on any atom is -0.325 e. The molecule has 3 rings (SSSR count). The summed E-state index contributed by atoms with van der Waals surface area (Å²) in [6.45, 7) is 8.40. The number of thioether (sulfide) groups is 1. The third-order valence-corrected chi connectivity index (χ3v) is 5.72. The van der Waals surface area contributed by atoms with Gasteiger partial charge in [0.05, 0.1) is 16.2 Å². The Morgan fingerprint density at radius 2 is 1.86 bits per heavy atom. The van der Waals surface area contributed by atoms with E-state index in [2.05, 4.69) is 10.3 Å². The van der Waals surface area contributed by atoms with Crippen molar-refractivity contribution in [3.63, 3.8) is 0 Å². The van der Waals surface area contributed by atoms with E-state index in [9.17, 15) is 9.59 Å². The molecule has 0 aliphatic heterocycles. The number of nitrogens with zero attached hydrogens (tertiary/aromatic N) is 2. The van der Waals surface area contributed by atoms with E-state index in [-0.39, 0.29) is 17.4 Å². The zero-order chi connectivity index (χ0) is 21.1. The number of aromatic nitrogens is 2. The maximum absolute atomic E-state index is 13.1. The first-order chi connectivity index (χ1) is 13.7. The lowest BCUT2D eigenvalue weighted by Crippen LogP contribution is -2.28. The molecule has 7 heteroatoms. The normalized spacial score (nSPS) is 12.3. The molecular formula is C22H24ClN3O2S. The number of carbonyl (C=O) groups excluding carboxylic acids is 1. The smallest absolute Gasteiger partial charge is 0.262 e. The number of benzene rings is 2. The summed E-state index contributed by atoms with van der Waals surface area (Å²) in [5.74, 6) is 0.113. The number of carbonyl (C=O) groups is 1. The molecule has 0 saturated heterocycles. The Bertz CT molecular complexity index is 1090. The van der Waals surface area contributed by atoms with Crippen LogP contribution in [0, 0.1) is 12.8 Å². The summed E-state index contributed by atoms with van der Waals surface area (Å²) in [6.07, 6.45) is 0. The van der Waals surface area contributed by atoms with E-state index < -0.39 is 5.25 Å². The van der Waals surface area contributed by atoms with Crippen molar-refractivity contribution in [2.75, 3.05) is 5.32 Å². The van der Waals surface area contributed by atoms with Crippen LogP contribution in [0.3, 0.4) is 0 Å². The Balaban J connectivity index is 1.91. The van der Waals surface area contributed by atoms with Crippen LogP contribution >= 0.6 is 23.4 Å². The van der Waals surface area contributed by atoms with Crippen molar-refractivity contribution >= 4 is 45.9 Å². The largest absolute Gasteiger partial charge is 0.325 e. The molecule has 2 aromatic carbocycles. The third kappa shape index (κ3) is 5.19. The van der Waals surface area contributed by atoms with E-state index in [1.54, 1.807) is 22.8 Å². The number of aryl methyl sites for hydroxylation is 1. The zero-order valence-corrected chi connectivity index (χ0v) is 18.5. The van der Waals surface area contributed by atoms with Gasteiger partial charge in [-0.25, -0.2) is 4.98 Å². The molecule has 29 heavy (non-hydrogen) atoms. The molecule has 0 saturated carbocycles. The highest BCUT2D eigenvalue weighted by atomic mass is 35.5. The molecule has 0 spiro atoms. The Hall–Kier alpha value is -2.31. The zero-order valence-electron chi connectivity index (χ0n) is 16.9. The molecule has 0 fully saturated rings. The lowest BCUT2D eigenvalue weighted by molar-refractivity contribution is -0.115. The molecule has 0 bridgehead atoms. The van der Waals surface area contributed by atoms with Crippen LogP contribution in [0.1, 0.15) is 26.3 Å². The van der Waals surface area contributed by atoms with E-state index in [1.807, 2.05) is 52.0 Å². The fourth-order valence-corrected chi connectivity index (χ4v) is 3.97. The van der Waals surface area contributed by atoms with E-state index in [4.69, 9.17) is 11.6 Å². The average Bonchev–Trinajstić information content (AvgIpc) is 2.67. The fraction of sp³-hybridized carbons (Fsp3) is 0.318. The number of halogens is 1. The Morgan fingerprint density at radius 1 is 1.17 bits per heavy atom. The number of rotatable bonds is 6. The average molecular weight is 430 g/mol. The SMILES string of the molecule is Cc1ccc(NC(=O)C(C)Sc2nc3ccc(Cl)cc3c(=O)n2CC(C)C)cc1. The maximum atomic E-state index is 13.1. The highest BCUT2D eigenvalue weighted by Crippen LogP contribution is 2.25. The number of nitrogens with one attached hydrogen (secondary N) is 1. The van der Waals surface area contributed by atoms with Crippen LogP contribution in [0.5, 0.6) is 0 Å². The fourth-order valence-electron chi connectivity index (χ4n) is 2.88. The van der Waals surface area contributed by atoms with Crippen LogP contribution in [0.4, 0.5) is 5.69 Å². The van der Waals surface area contributed by atoms with Crippen molar-refractivity contribution in [3.8, 4) is 0 Å². The summed E-state index contributed by atoms with van der Waals surface area (Å²) in [5.41, 5.74) is 2.31. The van der Waals surface area contributed by atoms with Crippen molar-refractivity contribution < 1.29 is 4.79 Å². The summed E-state index contributed by atoms with van der Waals surface area (Å²) in [7, 11) is 0. The van der Waals surface area contributed by atoms with Gasteiger partial charge in [-0.3, -0.25) is 14.2 Å². The van der Waals surface area contributed by atoms with Gasteiger partial charge >= 0.3 is 0 Å². The predicted octanol–water partition coefficient (Wildman–Crippen LogP) is 5.13. The van der Waals surface area contributed by atoms with Gasteiger partial charge in [0.25, 0.3) is 5.56 Å². The Labute approximate surface area is 179 Å². The van der Waals surface area contributed by atoms with Crippen LogP contribution in [-0.2, 0) is 11.3 Å². The molecule has 1 heterocycles. The molecule has 1 unspecified atom stereocenters. The predicted molar refractivity (Wildman–Crippen MR) is 121 cm³/mol. The second-order valence-electron chi connectivity index (χ2n) is 7.48. The molecule has 3 aromatic rings. The molecule has 1 N–H and O–H groups in total. The highest BCUT2D eigenvalue weighted by Gasteiger charge is 2.20. The first-order valence-electron chi connectivity index (χ1n) is 9.49. The van der Waals surface area contributed by atoms with Gasteiger partial charge in [-0.05, 0) is 50.1 Å². The minimum atomic E-state index is -0.425. The quantitative estimate of drug-likeness (QED) is 0.435. The number of hydrogen-bond donors (Lipinski definition) is 1. The molecule has 152 valence electrons. The molecule has 5 nitrogen and oxygen atoms in total. The molecule has 0 aliphatic rings. The van der Waals surface area contributed by atoms with Crippen LogP contribution < -0.4 is 10.9 Å². The second-order valence-corrected chi connectivity index (χ2v) is 9.23. The van der Waals surface area contributed by atoms with Crippen molar-refractivity contribution in [1.29, 1.82) is 0 Å². The Kier molecular flexibility index (Phi) is 6.65. The summed E-state index contributed by atoms with van der Waals surface area (Å²) in [4.78, 5) is 30.4. The summed E-state index contributed by atoms with van der Waals surface area (Å²) in [5, 5.41) is 4.01. The third-order valence-electron chi connectivity index (χ3n) is 4.40. The topological polar surface area (TPSA) is 64.0 Å². The van der Waals surface area contributed by atoms with Crippen molar-refractivity contribution in [1.82, 2.24) is 9.55 Å². The lowest BCUT2D eigenvalue weighted by Gasteiger charge is -2.17. The summed E-state index contributed by atoms with van der Waals surface area (Å²) < 4.78 is 1.64. The van der Waals surface area contributed by atoms with Crippen LogP contribution in [0.15, 0.2) is 52.4 Å². The van der Waals surface area contributed by atoms with Crippen molar-refractivity contribution in [2.45, 2.75) is 44.6 Å². The number of hydrogen-bond acceptors (Lipinski definition) is 4. The van der Waals surface area contributed by atoms with E-state index in [0.29, 0.717) is 27.6 Å². The Morgan fingerprint density at radius 3 is 2.52 bits per heavy atom. The van der Waals surface area contributed by atoms with E-state index in [0.717, 1.165) is 11.3 Å². The van der Waals surface area contributed by atoms with Gasteiger partial charge in [-0.1, -0.05) is 54.9 Å². The molecule has 0 radical (unpaired) electrons. The lowest BCUT2D eigenvalue weighted by atomic mass is 10.2. The van der Waals surface area contributed by atoms with Crippen LogP contribution in [-0.4, -0.2) is 20.7 Å². The first kappa shape index (κ1) is 21.4. The highest BCUT2D eigenvalue weighted by molar-refractivity contribution is 8.00. The summed E-state index contributed by atoms with van der Waals surface area (Å²) in [6, 6.07) is 12.7. The van der Waals surface area contributed by atoms with Crippen LogP contribution in [0.2, 0.25) is 5.02 Å². The van der Waals surface area contributed by atoms with E-state index in [1.165, 1.54) is 11.8 Å². The van der Waals surface area contributed by atoms with Gasteiger partial charge in [0.15, 0.2) is 5.16 Å². The summed E-state index contributed by atoms with van der Waals surface area (Å²) >= 11 is 7.35. The molecule has 1 atom stereocenters. The first-order valence-corrected chi connectivity index (χ1v) is 10.7. The van der Waals surface area contributed by atoms with Crippen molar-refractivity contribution in [3.05, 3.63) is 63.4 Å². The maximum Gasteiger partial charge on any atom is 0.262 e. The van der Waals surface area contributed by atoms with Gasteiger partial charge in [0.2, 0.25) is 5.91 Å². The molecule has 0 aliphatic carbocycles.